The van der Waals surface area contributed by atoms with Gasteiger partial charge in [0, 0.05) is 35.2 Å². The van der Waals surface area contributed by atoms with Gasteiger partial charge in [-0.2, -0.15) is 0 Å². The minimum atomic E-state index is -0.292. The van der Waals surface area contributed by atoms with Gasteiger partial charge in [0.2, 0.25) is 5.91 Å². The zero-order chi connectivity index (χ0) is 22.7. The molecule has 0 aliphatic heterocycles. The van der Waals surface area contributed by atoms with Crippen molar-refractivity contribution >= 4 is 22.4 Å². The number of methoxy groups -OCH3 is 1. The van der Waals surface area contributed by atoms with E-state index in [0.717, 1.165) is 33.2 Å². The average molecular weight is 429 g/mol. The molecule has 162 valence electrons. The van der Waals surface area contributed by atoms with E-state index < -0.39 is 0 Å². The second-order valence-electron chi connectivity index (χ2n) is 7.74. The van der Waals surface area contributed by atoms with Gasteiger partial charge in [-0.3, -0.25) is 4.79 Å². The van der Waals surface area contributed by atoms with Crippen LogP contribution in [0, 0.1) is 12.7 Å². The lowest BCUT2D eigenvalue weighted by molar-refractivity contribution is -0.116. The molecule has 0 aliphatic carbocycles. The second kappa shape index (κ2) is 9.10. The van der Waals surface area contributed by atoms with Crippen LogP contribution in [0.1, 0.15) is 23.6 Å². The van der Waals surface area contributed by atoms with Crippen LogP contribution in [-0.2, 0) is 11.3 Å². The number of benzene rings is 3. The zero-order valence-corrected chi connectivity index (χ0v) is 18.2. The summed E-state index contributed by atoms with van der Waals surface area (Å²) in [6.45, 7) is 4.35. The van der Waals surface area contributed by atoms with E-state index in [2.05, 4.69) is 5.32 Å². The smallest absolute Gasteiger partial charge is 0.244 e. The summed E-state index contributed by atoms with van der Waals surface area (Å²) in [6.07, 6.45) is 3.21. The van der Waals surface area contributed by atoms with Gasteiger partial charge >= 0.3 is 0 Å². The second-order valence-corrected chi connectivity index (χ2v) is 7.74. The lowest BCUT2D eigenvalue weighted by Gasteiger charge is -2.10. The fourth-order valence-electron chi connectivity index (χ4n) is 3.61. The predicted molar refractivity (Wildman–Crippen MR) is 125 cm³/mol. The van der Waals surface area contributed by atoms with Crippen LogP contribution in [0.15, 0.2) is 77.4 Å². The molecule has 32 heavy (non-hydrogen) atoms. The number of rotatable bonds is 6. The summed E-state index contributed by atoms with van der Waals surface area (Å²) < 4.78 is 24.6. The summed E-state index contributed by atoms with van der Waals surface area (Å²) in [5, 5.41) is 3.78. The van der Waals surface area contributed by atoms with E-state index in [0.29, 0.717) is 17.9 Å². The van der Waals surface area contributed by atoms with Crippen molar-refractivity contribution in [3.05, 3.63) is 95.5 Å². The van der Waals surface area contributed by atoms with Crippen molar-refractivity contribution in [2.75, 3.05) is 7.11 Å². The Morgan fingerprint density at radius 2 is 1.81 bits per heavy atom. The maximum absolute atomic E-state index is 13.3. The Hall–Kier alpha value is -3.86. The van der Waals surface area contributed by atoms with Crippen molar-refractivity contribution in [2.45, 2.75) is 20.4 Å². The van der Waals surface area contributed by atoms with Gasteiger partial charge in [-0.15, -0.1) is 0 Å². The first-order valence-corrected chi connectivity index (χ1v) is 10.3. The molecule has 0 bridgehead atoms. The number of halogens is 1. The van der Waals surface area contributed by atoms with Crippen molar-refractivity contribution in [2.24, 2.45) is 0 Å². The summed E-state index contributed by atoms with van der Waals surface area (Å²) in [6, 6.07) is 18.0. The zero-order valence-electron chi connectivity index (χ0n) is 18.2. The monoisotopic (exact) mass is 429 g/mol. The topological polar surface area (TPSA) is 51.5 Å². The summed E-state index contributed by atoms with van der Waals surface area (Å²) in [5.41, 5.74) is 6.11. The molecule has 3 aromatic carbocycles. The third kappa shape index (κ3) is 4.57. The first-order valence-electron chi connectivity index (χ1n) is 10.3. The molecule has 0 fully saturated rings. The maximum atomic E-state index is 13.3. The van der Waals surface area contributed by atoms with Crippen molar-refractivity contribution in [3.8, 4) is 16.9 Å². The fraction of sp³-hybridized carbons (Fsp3) is 0.148. The fourth-order valence-corrected chi connectivity index (χ4v) is 3.61. The molecule has 1 aromatic heterocycles. The quantitative estimate of drug-likeness (QED) is 0.367. The molecule has 4 aromatic rings. The van der Waals surface area contributed by atoms with E-state index in [1.807, 2.05) is 44.2 Å². The highest BCUT2D eigenvalue weighted by Gasteiger charge is 2.15. The standard InChI is InChI=1S/C27H24FNO3/c1-17-4-6-19(7-5-17)15-29-27(30)12-18(2)22-13-23-24(20-8-10-21(28)11-9-20)16-32-26(23)14-25(22)31-3/h4-14,16H,15H2,1-3H3,(H,29,30)/b18-12+. The van der Waals surface area contributed by atoms with E-state index in [4.69, 9.17) is 9.15 Å². The molecular formula is C27H24FNO3. The van der Waals surface area contributed by atoms with Gasteiger partial charge in [-0.1, -0.05) is 42.0 Å². The van der Waals surface area contributed by atoms with Crippen LogP contribution in [0.2, 0.25) is 0 Å². The molecule has 1 N–H and O–H groups in total. The number of allylic oxidation sites excluding steroid dienone is 1. The minimum Gasteiger partial charge on any atom is -0.496 e. The molecule has 1 amide bonds. The van der Waals surface area contributed by atoms with Crippen molar-refractivity contribution < 1.29 is 18.3 Å². The van der Waals surface area contributed by atoms with Gasteiger partial charge in [0.1, 0.15) is 17.1 Å². The maximum Gasteiger partial charge on any atom is 0.244 e. The highest BCUT2D eigenvalue weighted by atomic mass is 19.1. The Balaban J connectivity index is 1.62. The number of aryl methyl sites for hydroxylation is 1. The van der Waals surface area contributed by atoms with E-state index in [9.17, 15) is 9.18 Å². The van der Waals surface area contributed by atoms with Crippen LogP contribution < -0.4 is 10.1 Å². The van der Waals surface area contributed by atoms with E-state index >= 15 is 0 Å². The summed E-state index contributed by atoms with van der Waals surface area (Å²) >= 11 is 0. The number of hydrogen-bond acceptors (Lipinski definition) is 3. The summed E-state index contributed by atoms with van der Waals surface area (Å²) in [5.74, 6) is 0.133. The van der Waals surface area contributed by atoms with Crippen LogP contribution in [-0.4, -0.2) is 13.0 Å². The van der Waals surface area contributed by atoms with E-state index in [1.54, 1.807) is 37.6 Å². The van der Waals surface area contributed by atoms with Gasteiger partial charge in [0.05, 0.1) is 13.4 Å². The lowest BCUT2D eigenvalue weighted by Crippen LogP contribution is -2.20. The normalized spacial score (nSPS) is 11.6. The van der Waals surface area contributed by atoms with Crippen molar-refractivity contribution in [1.82, 2.24) is 5.32 Å². The molecule has 5 heteroatoms. The Bertz CT molecular complexity index is 1290. The lowest BCUT2D eigenvalue weighted by atomic mass is 9.99. The number of amides is 1. The minimum absolute atomic E-state index is 0.184. The molecule has 0 aliphatic rings. The number of fused-ring (bicyclic) bond motifs is 1. The van der Waals surface area contributed by atoms with Gasteiger partial charge in [0.15, 0.2) is 0 Å². The Labute approximate surface area is 186 Å². The average Bonchev–Trinajstić information content (AvgIpc) is 3.21. The SMILES string of the molecule is COc1cc2occ(-c3ccc(F)cc3)c2cc1/C(C)=C/C(=O)NCc1ccc(C)cc1. The van der Waals surface area contributed by atoms with Crippen LogP contribution in [0.4, 0.5) is 4.39 Å². The van der Waals surface area contributed by atoms with Gasteiger partial charge in [0.25, 0.3) is 0 Å². The van der Waals surface area contributed by atoms with Gasteiger partial charge in [-0.25, -0.2) is 4.39 Å². The molecular weight excluding hydrogens is 405 g/mol. The summed E-state index contributed by atoms with van der Waals surface area (Å²) in [7, 11) is 1.58. The van der Waals surface area contributed by atoms with Crippen LogP contribution in [0.5, 0.6) is 5.75 Å². The first kappa shape index (κ1) is 21.4. The van der Waals surface area contributed by atoms with Crippen molar-refractivity contribution in [1.29, 1.82) is 0 Å². The molecule has 4 nitrogen and oxygen atoms in total. The third-order valence-electron chi connectivity index (χ3n) is 5.41. The number of carbonyl (C=O) groups excluding carboxylic acids is 1. The van der Waals surface area contributed by atoms with E-state index in [1.165, 1.54) is 17.7 Å². The molecule has 0 saturated heterocycles. The Morgan fingerprint density at radius 1 is 1.09 bits per heavy atom. The summed E-state index contributed by atoms with van der Waals surface area (Å²) in [4.78, 5) is 12.5. The number of hydrogen-bond donors (Lipinski definition) is 1. The molecule has 4 rings (SSSR count). The Kier molecular flexibility index (Phi) is 6.08. The van der Waals surface area contributed by atoms with Gasteiger partial charge < -0.3 is 14.5 Å². The molecule has 0 spiro atoms. The number of ether oxygens (including phenoxy) is 1. The molecule has 0 radical (unpaired) electrons. The highest BCUT2D eigenvalue weighted by Crippen LogP contribution is 2.37. The number of nitrogens with one attached hydrogen (secondary N) is 1. The molecule has 0 atom stereocenters. The molecule has 1 heterocycles. The highest BCUT2D eigenvalue weighted by molar-refractivity contribution is 6.00. The largest absolute Gasteiger partial charge is 0.496 e. The predicted octanol–water partition coefficient (Wildman–Crippen LogP) is 6.28. The first-order chi connectivity index (χ1) is 15.4. The van der Waals surface area contributed by atoms with Crippen LogP contribution in [0.3, 0.4) is 0 Å². The molecule has 0 unspecified atom stereocenters. The van der Waals surface area contributed by atoms with E-state index in [-0.39, 0.29) is 11.7 Å². The Morgan fingerprint density at radius 3 is 2.50 bits per heavy atom. The molecule has 0 saturated carbocycles. The third-order valence-corrected chi connectivity index (χ3v) is 5.41. The number of furan rings is 1. The van der Waals surface area contributed by atoms with Crippen LogP contribution >= 0.6 is 0 Å². The van der Waals surface area contributed by atoms with Crippen molar-refractivity contribution in [3.63, 3.8) is 0 Å². The number of carbonyl (C=O) groups is 1. The van der Waals surface area contributed by atoms with Gasteiger partial charge in [-0.05, 0) is 48.7 Å². The van der Waals surface area contributed by atoms with Crippen LogP contribution in [0.25, 0.3) is 27.7 Å².